The number of hydrogen-bond donors (Lipinski definition) is 2. The molecule has 2 unspecified atom stereocenters. The number of carbonyl (C=O) groups excluding carboxylic acids is 1. The van der Waals surface area contributed by atoms with E-state index in [0.717, 1.165) is 16.9 Å². The second-order valence-electron chi connectivity index (χ2n) is 7.84. The number of halogens is 1. The van der Waals surface area contributed by atoms with Crippen molar-refractivity contribution in [2.45, 2.75) is 39.5 Å². The lowest BCUT2D eigenvalue weighted by molar-refractivity contribution is -0.00539. The largest absolute Gasteiger partial charge is 0.372 e. The van der Waals surface area contributed by atoms with Gasteiger partial charge in [0.1, 0.15) is 11.5 Å². The van der Waals surface area contributed by atoms with Gasteiger partial charge < -0.3 is 24.7 Å². The van der Waals surface area contributed by atoms with Crippen molar-refractivity contribution >= 4 is 23.1 Å². The molecule has 1 aliphatic rings. The zero-order valence-electron chi connectivity index (χ0n) is 17.4. The lowest BCUT2D eigenvalue weighted by atomic mass is 10.2. The van der Waals surface area contributed by atoms with Crippen molar-refractivity contribution in [3.8, 4) is 0 Å². The van der Waals surface area contributed by atoms with Crippen LogP contribution in [-0.2, 0) is 11.3 Å². The van der Waals surface area contributed by atoms with Gasteiger partial charge in [0.2, 0.25) is 0 Å². The van der Waals surface area contributed by atoms with Gasteiger partial charge >= 0.3 is 6.03 Å². The fourth-order valence-electron chi connectivity index (χ4n) is 3.78. The molecule has 2 aromatic heterocycles. The van der Waals surface area contributed by atoms with Crippen LogP contribution in [-0.4, -0.2) is 40.7 Å². The summed E-state index contributed by atoms with van der Waals surface area (Å²) in [5.74, 6) is -0.371. The number of rotatable bonds is 4. The number of urea groups is 1. The molecule has 1 aliphatic heterocycles. The Morgan fingerprint density at radius 3 is 2.73 bits per heavy atom. The molecule has 2 N–H and O–H groups in total. The van der Waals surface area contributed by atoms with Gasteiger partial charge in [0.05, 0.1) is 30.1 Å². The molecule has 2 amide bonds. The van der Waals surface area contributed by atoms with Crippen molar-refractivity contribution in [3.05, 3.63) is 59.8 Å². The van der Waals surface area contributed by atoms with Gasteiger partial charge in [-0.15, -0.1) is 0 Å². The highest BCUT2D eigenvalue weighted by atomic mass is 19.1. The quantitative estimate of drug-likeness (QED) is 0.687. The predicted octanol–water partition coefficient (Wildman–Crippen LogP) is 3.72. The minimum Gasteiger partial charge on any atom is -0.372 e. The first-order valence-corrected chi connectivity index (χ1v) is 10.1. The van der Waals surface area contributed by atoms with E-state index >= 15 is 0 Å². The van der Waals surface area contributed by atoms with Crippen LogP contribution in [0, 0.1) is 12.7 Å². The number of anilines is 2. The van der Waals surface area contributed by atoms with Gasteiger partial charge in [0, 0.05) is 31.2 Å². The van der Waals surface area contributed by atoms with Crippen molar-refractivity contribution in [1.29, 1.82) is 0 Å². The van der Waals surface area contributed by atoms with E-state index in [1.807, 2.05) is 54.6 Å². The van der Waals surface area contributed by atoms with E-state index in [1.54, 1.807) is 12.1 Å². The summed E-state index contributed by atoms with van der Waals surface area (Å²) < 4.78 is 22.3. The van der Waals surface area contributed by atoms with Gasteiger partial charge in [-0.05, 0) is 56.7 Å². The van der Waals surface area contributed by atoms with E-state index in [-0.39, 0.29) is 24.6 Å². The van der Waals surface area contributed by atoms with E-state index in [0.29, 0.717) is 24.5 Å². The van der Waals surface area contributed by atoms with Gasteiger partial charge in [0.25, 0.3) is 0 Å². The van der Waals surface area contributed by atoms with Crippen LogP contribution in [0.5, 0.6) is 0 Å². The van der Waals surface area contributed by atoms with Gasteiger partial charge in [-0.1, -0.05) is 0 Å². The second kappa shape index (κ2) is 8.31. The molecule has 0 radical (unpaired) electrons. The molecule has 158 valence electrons. The maximum absolute atomic E-state index is 14.7. The van der Waals surface area contributed by atoms with E-state index in [1.165, 1.54) is 6.07 Å². The lowest BCUT2D eigenvalue weighted by Crippen LogP contribution is -2.45. The third-order valence-electron chi connectivity index (χ3n) is 5.06. The SMILES string of the molecule is Cc1ccn2cc(CNC(=O)Nc3ccc(N4CC(C)OC(C)C4)c(F)c3)nc2c1. The van der Waals surface area contributed by atoms with Crippen LogP contribution in [0.25, 0.3) is 5.65 Å². The Morgan fingerprint density at radius 2 is 2.00 bits per heavy atom. The van der Waals surface area contributed by atoms with Crippen LogP contribution in [0.4, 0.5) is 20.6 Å². The van der Waals surface area contributed by atoms with Crippen LogP contribution < -0.4 is 15.5 Å². The standard InChI is InChI=1S/C22H26FN5O2/c1-14-6-7-27-13-18(25-21(27)8-14)10-24-22(29)26-17-4-5-20(19(23)9-17)28-11-15(2)30-16(3)12-28/h4-9,13,15-16H,10-12H2,1-3H3,(H2,24,26,29). The molecule has 0 aliphatic carbocycles. The van der Waals surface area contributed by atoms with E-state index < -0.39 is 6.03 Å². The van der Waals surface area contributed by atoms with Crippen LogP contribution in [0.3, 0.4) is 0 Å². The van der Waals surface area contributed by atoms with Crippen LogP contribution >= 0.6 is 0 Å². The highest BCUT2D eigenvalue weighted by molar-refractivity contribution is 5.89. The van der Waals surface area contributed by atoms with Crippen LogP contribution in [0.2, 0.25) is 0 Å². The first-order chi connectivity index (χ1) is 14.4. The van der Waals surface area contributed by atoms with Gasteiger partial charge in [-0.2, -0.15) is 0 Å². The molecule has 3 heterocycles. The molecule has 1 fully saturated rings. The number of benzene rings is 1. The molecule has 30 heavy (non-hydrogen) atoms. The number of nitrogens with one attached hydrogen (secondary N) is 2. The zero-order valence-corrected chi connectivity index (χ0v) is 17.4. The summed E-state index contributed by atoms with van der Waals surface area (Å²) in [6, 6.07) is 8.30. The Morgan fingerprint density at radius 1 is 1.23 bits per heavy atom. The number of nitrogens with zero attached hydrogens (tertiary/aromatic N) is 3. The maximum atomic E-state index is 14.7. The second-order valence-corrected chi connectivity index (χ2v) is 7.84. The summed E-state index contributed by atoms with van der Waals surface area (Å²) >= 11 is 0. The average molecular weight is 411 g/mol. The number of aryl methyl sites for hydroxylation is 1. The van der Waals surface area contributed by atoms with Crippen molar-refractivity contribution in [2.24, 2.45) is 0 Å². The third kappa shape index (κ3) is 4.54. The number of amides is 2. The van der Waals surface area contributed by atoms with E-state index in [2.05, 4.69) is 15.6 Å². The molecule has 0 spiro atoms. The molecule has 4 rings (SSSR count). The predicted molar refractivity (Wildman–Crippen MR) is 114 cm³/mol. The summed E-state index contributed by atoms with van der Waals surface area (Å²) in [5.41, 5.74) is 3.61. The van der Waals surface area contributed by atoms with Crippen molar-refractivity contribution in [2.75, 3.05) is 23.3 Å². The number of morpholine rings is 1. The fraction of sp³-hybridized carbons (Fsp3) is 0.364. The first-order valence-electron chi connectivity index (χ1n) is 10.1. The Kier molecular flexibility index (Phi) is 5.59. The molecule has 0 bridgehead atoms. The number of hydrogen-bond acceptors (Lipinski definition) is 4. The first kappa shape index (κ1) is 20.2. The lowest BCUT2D eigenvalue weighted by Gasteiger charge is -2.37. The number of pyridine rings is 1. The van der Waals surface area contributed by atoms with Crippen LogP contribution in [0.15, 0.2) is 42.7 Å². The number of imidazole rings is 1. The molecule has 3 aromatic rings. The van der Waals surface area contributed by atoms with Gasteiger partial charge in [-0.25, -0.2) is 14.2 Å². The van der Waals surface area contributed by atoms with Gasteiger partial charge in [-0.3, -0.25) is 0 Å². The minimum absolute atomic E-state index is 0.0419. The number of ether oxygens (including phenoxy) is 1. The third-order valence-corrected chi connectivity index (χ3v) is 5.06. The summed E-state index contributed by atoms with van der Waals surface area (Å²) in [5, 5.41) is 5.43. The summed E-state index contributed by atoms with van der Waals surface area (Å²) in [4.78, 5) is 18.7. The Labute approximate surface area is 174 Å². The molecule has 0 saturated carbocycles. The summed E-state index contributed by atoms with van der Waals surface area (Å²) in [6.45, 7) is 7.50. The Balaban J connectivity index is 1.36. The van der Waals surface area contributed by atoms with E-state index in [9.17, 15) is 9.18 Å². The Hall–Kier alpha value is -3.13. The summed E-state index contributed by atoms with van der Waals surface area (Å²) in [6.07, 6.45) is 3.88. The van der Waals surface area contributed by atoms with Crippen molar-refractivity contribution in [3.63, 3.8) is 0 Å². The molecule has 7 nitrogen and oxygen atoms in total. The topological polar surface area (TPSA) is 70.9 Å². The minimum atomic E-state index is -0.413. The van der Waals surface area contributed by atoms with Crippen molar-refractivity contribution < 1.29 is 13.9 Å². The fourth-order valence-corrected chi connectivity index (χ4v) is 3.78. The zero-order chi connectivity index (χ0) is 21.3. The number of carbonyl (C=O) groups is 1. The molecule has 2 atom stereocenters. The summed E-state index contributed by atoms with van der Waals surface area (Å²) in [7, 11) is 0. The molecule has 8 heteroatoms. The number of aromatic nitrogens is 2. The van der Waals surface area contributed by atoms with Crippen molar-refractivity contribution in [1.82, 2.24) is 14.7 Å². The van der Waals surface area contributed by atoms with E-state index in [4.69, 9.17) is 4.74 Å². The molecular formula is C22H26FN5O2. The molecule has 1 saturated heterocycles. The smallest absolute Gasteiger partial charge is 0.319 e. The monoisotopic (exact) mass is 411 g/mol. The maximum Gasteiger partial charge on any atom is 0.319 e. The highest BCUT2D eigenvalue weighted by Gasteiger charge is 2.24. The van der Waals surface area contributed by atoms with Gasteiger partial charge in [0.15, 0.2) is 0 Å². The average Bonchev–Trinajstić information content (AvgIpc) is 3.07. The molecular weight excluding hydrogens is 385 g/mol. The normalized spacial score (nSPS) is 19.1. The highest BCUT2D eigenvalue weighted by Crippen LogP contribution is 2.26. The Bertz CT molecular complexity index is 1060. The number of fused-ring (bicyclic) bond motifs is 1. The molecule has 1 aromatic carbocycles. The van der Waals surface area contributed by atoms with Crippen LogP contribution in [0.1, 0.15) is 25.1 Å².